The van der Waals surface area contributed by atoms with Gasteiger partial charge in [-0.3, -0.25) is 0 Å². The third-order valence-corrected chi connectivity index (χ3v) is 6.01. The van der Waals surface area contributed by atoms with Crippen LogP contribution in [0.1, 0.15) is 37.8 Å². The molecule has 1 aliphatic heterocycles. The third-order valence-electron chi connectivity index (χ3n) is 4.11. The van der Waals surface area contributed by atoms with Crippen molar-refractivity contribution in [3.05, 3.63) is 29.8 Å². The molecule has 6 heteroatoms. The first kappa shape index (κ1) is 16.4. The summed E-state index contributed by atoms with van der Waals surface area (Å²) in [5.74, 6) is 0. The van der Waals surface area contributed by atoms with Crippen molar-refractivity contribution in [2.75, 3.05) is 20.3 Å². The lowest BCUT2D eigenvalue weighted by Crippen LogP contribution is -2.40. The van der Waals surface area contributed by atoms with Gasteiger partial charge in [0, 0.05) is 32.3 Å². The van der Waals surface area contributed by atoms with Crippen molar-refractivity contribution in [2.24, 2.45) is 5.73 Å². The van der Waals surface area contributed by atoms with Crippen LogP contribution in [0, 0.1) is 0 Å². The molecular weight excluding hydrogens is 288 g/mol. The van der Waals surface area contributed by atoms with Crippen molar-refractivity contribution in [1.82, 2.24) is 4.31 Å². The van der Waals surface area contributed by atoms with Crippen LogP contribution < -0.4 is 5.73 Å². The average Bonchev–Trinajstić information content (AvgIpc) is 2.54. The first-order chi connectivity index (χ1) is 9.96. The zero-order valence-corrected chi connectivity index (χ0v) is 13.5. The number of nitrogens with zero attached hydrogens (tertiary/aromatic N) is 1. The van der Waals surface area contributed by atoms with E-state index in [1.807, 2.05) is 13.0 Å². The van der Waals surface area contributed by atoms with E-state index in [9.17, 15) is 8.42 Å². The fourth-order valence-corrected chi connectivity index (χ4v) is 4.02. The van der Waals surface area contributed by atoms with E-state index in [0.717, 1.165) is 24.8 Å². The molecule has 1 aliphatic rings. The zero-order valence-electron chi connectivity index (χ0n) is 12.7. The Kier molecular flexibility index (Phi) is 5.37. The van der Waals surface area contributed by atoms with Gasteiger partial charge in [0.1, 0.15) is 0 Å². The van der Waals surface area contributed by atoms with Crippen molar-refractivity contribution in [2.45, 2.75) is 43.2 Å². The number of nitrogens with two attached hydrogens (primary N) is 1. The molecular formula is C15H24N2O3S. The Balaban J connectivity index is 2.26. The molecule has 21 heavy (non-hydrogen) atoms. The molecule has 5 nitrogen and oxygen atoms in total. The zero-order chi connectivity index (χ0) is 15.5. The van der Waals surface area contributed by atoms with Gasteiger partial charge in [0.25, 0.3) is 0 Å². The summed E-state index contributed by atoms with van der Waals surface area (Å²) in [5, 5.41) is 0. The Morgan fingerprint density at radius 2 is 2.05 bits per heavy atom. The summed E-state index contributed by atoms with van der Waals surface area (Å²) >= 11 is 0. The number of ether oxygens (including phenoxy) is 1. The standard InChI is InChI=1S/C15H24N2O3S/c1-3-15(16)12-5-4-6-14(11-12)21(18,19)17(2)13-7-9-20-10-8-13/h4-6,11,13,15H,3,7-10,16H2,1-2H3. The van der Waals surface area contributed by atoms with E-state index in [2.05, 4.69) is 0 Å². The molecule has 1 heterocycles. The van der Waals surface area contributed by atoms with E-state index in [-0.39, 0.29) is 12.1 Å². The van der Waals surface area contributed by atoms with Gasteiger partial charge >= 0.3 is 0 Å². The Labute approximate surface area is 127 Å². The molecule has 2 rings (SSSR count). The first-order valence-electron chi connectivity index (χ1n) is 7.38. The van der Waals surface area contributed by atoms with Gasteiger partial charge in [-0.1, -0.05) is 19.1 Å². The Bertz CT molecular complexity index is 568. The van der Waals surface area contributed by atoms with Crippen LogP contribution in [-0.4, -0.2) is 39.0 Å². The van der Waals surface area contributed by atoms with Gasteiger partial charge in [-0.05, 0) is 37.0 Å². The predicted octanol–water partition coefficient (Wildman–Crippen LogP) is 1.90. The highest BCUT2D eigenvalue weighted by Gasteiger charge is 2.29. The molecule has 2 N–H and O–H groups in total. The highest BCUT2D eigenvalue weighted by atomic mass is 32.2. The van der Waals surface area contributed by atoms with Gasteiger partial charge in [-0.15, -0.1) is 0 Å². The van der Waals surface area contributed by atoms with Crippen LogP contribution in [0.25, 0.3) is 0 Å². The molecule has 0 radical (unpaired) electrons. The van der Waals surface area contributed by atoms with E-state index in [1.165, 1.54) is 4.31 Å². The minimum Gasteiger partial charge on any atom is -0.381 e. The van der Waals surface area contributed by atoms with Crippen LogP contribution in [0.5, 0.6) is 0 Å². The van der Waals surface area contributed by atoms with Gasteiger partial charge in [-0.25, -0.2) is 8.42 Å². The van der Waals surface area contributed by atoms with Crippen LogP contribution in [0.4, 0.5) is 0 Å². The molecule has 1 aromatic rings. The van der Waals surface area contributed by atoms with Crippen LogP contribution in [-0.2, 0) is 14.8 Å². The molecule has 1 atom stereocenters. The molecule has 1 aromatic carbocycles. The van der Waals surface area contributed by atoms with Crippen molar-refractivity contribution < 1.29 is 13.2 Å². The Hall–Kier alpha value is -0.950. The highest BCUT2D eigenvalue weighted by Crippen LogP contribution is 2.24. The maximum Gasteiger partial charge on any atom is 0.243 e. The molecule has 1 fully saturated rings. The van der Waals surface area contributed by atoms with Crippen molar-refractivity contribution in [1.29, 1.82) is 0 Å². The average molecular weight is 312 g/mol. The van der Waals surface area contributed by atoms with Gasteiger partial charge < -0.3 is 10.5 Å². The molecule has 0 aliphatic carbocycles. The second-order valence-corrected chi connectivity index (χ2v) is 7.45. The SMILES string of the molecule is CCC(N)c1cccc(S(=O)(=O)N(C)C2CCOCC2)c1. The maximum absolute atomic E-state index is 12.7. The second kappa shape index (κ2) is 6.87. The van der Waals surface area contributed by atoms with Crippen LogP contribution in [0.3, 0.4) is 0 Å². The fourth-order valence-electron chi connectivity index (χ4n) is 2.55. The molecule has 0 spiro atoms. The lowest BCUT2D eigenvalue weighted by molar-refractivity contribution is 0.0632. The van der Waals surface area contributed by atoms with E-state index in [1.54, 1.807) is 25.2 Å². The number of hydrogen-bond donors (Lipinski definition) is 1. The largest absolute Gasteiger partial charge is 0.381 e. The third kappa shape index (κ3) is 3.63. The van der Waals surface area contributed by atoms with Crippen molar-refractivity contribution in [3.63, 3.8) is 0 Å². The quantitative estimate of drug-likeness (QED) is 0.901. The molecule has 0 aromatic heterocycles. The number of benzene rings is 1. The predicted molar refractivity (Wildman–Crippen MR) is 82.5 cm³/mol. The number of sulfonamides is 1. The monoisotopic (exact) mass is 312 g/mol. The number of rotatable bonds is 5. The summed E-state index contributed by atoms with van der Waals surface area (Å²) in [6.45, 7) is 3.22. The smallest absolute Gasteiger partial charge is 0.243 e. The van der Waals surface area contributed by atoms with E-state index < -0.39 is 10.0 Å². The Morgan fingerprint density at radius 3 is 2.67 bits per heavy atom. The number of hydrogen-bond acceptors (Lipinski definition) is 4. The van der Waals surface area contributed by atoms with Crippen molar-refractivity contribution >= 4 is 10.0 Å². The fraction of sp³-hybridized carbons (Fsp3) is 0.600. The second-order valence-electron chi connectivity index (χ2n) is 5.45. The van der Waals surface area contributed by atoms with E-state index in [4.69, 9.17) is 10.5 Å². The first-order valence-corrected chi connectivity index (χ1v) is 8.82. The van der Waals surface area contributed by atoms with Crippen molar-refractivity contribution in [3.8, 4) is 0 Å². The molecule has 0 saturated carbocycles. The minimum atomic E-state index is -3.48. The summed E-state index contributed by atoms with van der Waals surface area (Å²) in [6.07, 6.45) is 2.26. The van der Waals surface area contributed by atoms with Gasteiger partial charge in [-0.2, -0.15) is 4.31 Å². The molecule has 0 amide bonds. The lowest BCUT2D eigenvalue weighted by atomic mass is 10.1. The van der Waals surface area contributed by atoms with Gasteiger partial charge in [0.05, 0.1) is 4.90 Å². The molecule has 1 unspecified atom stereocenters. The summed E-state index contributed by atoms with van der Waals surface area (Å²) in [7, 11) is -1.83. The normalized spacial score (nSPS) is 18.9. The van der Waals surface area contributed by atoms with Crippen LogP contribution in [0.15, 0.2) is 29.2 Å². The minimum absolute atomic E-state index is 0.00672. The van der Waals surface area contributed by atoms with Crippen LogP contribution >= 0.6 is 0 Å². The topological polar surface area (TPSA) is 72.6 Å². The summed E-state index contributed by atoms with van der Waals surface area (Å²) in [4.78, 5) is 0.317. The summed E-state index contributed by atoms with van der Waals surface area (Å²) < 4.78 is 32.3. The van der Waals surface area contributed by atoms with Gasteiger partial charge in [0.15, 0.2) is 0 Å². The molecule has 1 saturated heterocycles. The molecule has 118 valence electrons. The summed E-state index contributed by atoms with van der Waals surface area (Å²) in [5.41, 5.74) is 6.86. The van der Waals surface area contributed by atoms with E-state index >= 15 is 0 Å². The maximum atomic E-state index is 12.7. The molecule has 0 bridgehead atoms. The van der Waals surface area contributed by atoms with E-state index in [0.29, 0.717) is 18.1 Å². The van der Waals surface area contributed by atoms with Gasteiger partial charge in [0.2, 0.25) is 10.0 Å². The summed E-state index contributed by atoms with van der Waals surface area (Å²) in [6, 6.07) is 6.84. The highest BCUT2D eigenvalue weighted by molar-refractivity contribution is 7.89. The van der Waals surface area contributed by atoms with Crippen LogP contribution in [0.2, 0.25) is 0 Å². The Morgan fingerprint density at radius 1 is 1.38 bits per heavy atom. The lowest BCUT2D eigenvalue weighted by Gasteiger charge is -2.30.